The molecule has 2 amide bonds. The summed E-state index contributed by atoms with van der Waals surface area (Å²) < 4.78 is 0. The number of carbonyl (C=O) groups excluding carboxylic acids is 2. The Morgan fingerprint density at radius 2 is 0.452 bits per heavy atom. The van der Waals surface area contributed by atoms with Gasteiger partial charge in [0.1, 0.15) is 0 Å². The number of rotatable bonds is 35. The highest BCUT2D eigenvalue weighted by atomic mass is 16.1. The third kappa shape index (κ3) is 38.4. The van der Waals surface area contributed by atoms with Crippen molar-refractivity contribution in [1.82, 2.24) is 0 Å². The zero-order chi connectivity index (χ0) is 30.6. The predicted octanol–water partition coefficient (Wildman–Crippen LogP) is 11.6. The van der Waals surface area contributed by atoms with E-state index in [9.17, 15) is 9.59 Å². The third-order valence-electron chi connectivity index (χ3n) is 8.41. The molecule has 0 radical (unpaired) electrons. The maximum absolute atomic E-state index is 10.7. The quantitative estimate of drug-likeness (QED) is 0.0570. The average Bonchev–Trinajstić information content (AvgIpc) is 2.96. The van der Waals surface area contributed by atoms with Gasteiger partial charge in [-0.1, -0.05) is 153 Å². The number of amides is 2. The molecule has 0 unspecified atom stereocenters. The van der Waals surface area contributed by atoms with Crippen LogP contribution in [-0.2, 0) is 9.59 Å². The van der Waals surface area contributed by atoms with Crippen molar-refractivity contribution < 1.29 is 9.59 Å². The van der Waals surface area contributed by atoms with Crippen LogP contribution in [0, 0.1) is 0 Å². The van der Waals surface area contributed by atoms with Gasteiger partial charge < -0.3 is 11.5 Å². The van der Waals surface area contributed by atoms with Crippen LogP contribution in [0.1, 0.15) is 205 Å². The SMILES string of the molecule is NC(=O)CCCCCCCCC/C=C/CCCCCCCCCCCCCC/C=C/CCCCCCCCCC(N)=O. The fraction of sp³-hybridized carbons (Fsp3) is 0.842. The van der Waals surface area contributed by atoms with Crippen molar-refractivity contribution in [3.63, 3.8) is 0 Å². The summed E-state index contributed by atoms with van der Waals surface area (Å²) in [5, 5.41) is 0. The molecule has 0 bridgehead atoms. The molecule has 0 fully saturated rings. The third-order valence-corrected chi connectivity index (χ3v) is 8.41. The Morgan fingerprint density at radius 3 is 0.643 bits per heavy atom. The van der Waals surface area contributed by atoms with Crippen LogP contribution < -0.4 is 11.5 Å². The number of carbonyl (C=O) groups is 2. The Labute approximate surface area is 262 Å². The predicted molar refractivity (Wildman–Crippen MR) is 184 cm³/mol. The molecule has 0 aliphatic carbocycles. The number of unbranched alkanes of at least 4 members (excludes halogenated alkanes) is 27. The minimum absolute atomic E-state index is 0.161. The fourth-order valence-corrected chi connectivity index (χ4v) is 5.65. The molecular weight excluding hydrogens is 516 g/mol. The van der Waals surface area contributed by atoms with Gasteiger partial charge in [0, 0.05) is 12.8 Å². The van der Waals surface area contributed by atoms with E-state index in [1.807, 2.05) is 0 Å². The normalized spacial score (nSPS) is 11.7. The van der Waals surface area contributed by atoms with E-state index in [1.165, 1.54) is 167 Å². The highest BCUT2D eigenvalue weighted by molar-refractivity contribution is 5.73. The van der Waals surface area contributed by atoms with Crippen LogP contribution in [0.5, 0.6) is 0 Å². The van der Waals surface area contributed by atoms with Gasteiger partial charge in [-0.05, 0) is 64.2 Å². The van der Waals surface area contributed by atoms with Crippen LogP contribution in [0.15, 0.2) is 24.3 Å². The first-order chi connectivity index (χ1) is 20.6. The first kappa shape index (κ1) is 40.4. The van der Waals surface area contributed by atoms with Gasteiger partial charge in [-0.3, -0.25) is 9.59 Å². The van der Waals surface area contributed by atoms with Gasteiger partial charge in [0.15, 0.2) is 0 Å². The molecule has 4 N–H and O–H groups in total. The molecule has 0 saturated carbocycles. The standard InChI is InChI=1S/C38H72N2O2/c39-37(41)35-33-31-29-27-25-23-21-19-17-15-13-11-9-7-5-3-1-2-4-6-8-10-12-14-16-18-20-22-24-26-28-30-32-34-36-38(40)42/h15-18H,1-14,19-36H2,(H2,39,41)(H2,40,42)/b17-15+,18-16+. The summed E-state index contributed by atoms with van der Waals surface area (Å²) in [6.45, 7) is 0. The second-order valence-electron chi connectivity index (χ2n) is 12.7. The number of hydrogen-bond acceptors (Lipinski definition) is 2. The lowest BCUT2D eigenvalue weighted by molar-refractivity contribution is -0.119. The Morgan fingerprint density at radius 1 is 0.286 bits per heavy atom. The van der Waals surface area contributed by atoms with E-state index in [4.69, 9.17) is 11.5 Å². The van der Waals surface area contributed by atoms with Crippen LogP contribution in [0.3, 0.4) is 0 Å². The number of allylic oxidation sites excluding steroid dienone is 4. The largest absolute Gasteiger partial charge is 0.370 e. The highest BCUT2D eigenvalue weighted by Gasteiger charge is 1.97. The van der Waals surface area contributed by atoms with E-state index in [2.05, 4.69) is 24.3 Å². The lowest BCUT2D eigenvalue weighted by Gasteiger charge is -2.03. The molecule has 0 aliphatic rings. The fourth-order valence-electron chi connectivity index (χ4n) is 5.65. The van der Waals surface area contributed by atoms with Gasteiger partial charge in [0.05, 0.1) is 0 Å². The summed E-state index contributed by atoms with van der Waals surface area (Å²) in [4.78, 5) is 21.4. The average molecular weight is 589 g/mol. The molecule has 4 nitrogen and oxygen atoms in total. The van der Waals surface area contributed by atoms with Crippen molar-refractivity contribution >= 4 is 11.8 Å². The van der Waals surface area contributed by atoms with Gasteiger partial charge in [-0.25, -0.2) is 0 Å². The van der Waals surface area contributed by atoms with Gasteiger partial charge in [-0.15, -0.1) is 0 Å². The first-order valence-corrected chi connectivity index (χ1v) is 18.5. The van der Waals surface area contributed by atoms with Gasteiger partial charge in [0.2, 0.25) is 11.8 Å². The zero-order valence-electron chi connectivity index (χ0n) is 27.9. The van der Waals surface area contributed by atoms with E-state index in [1.54, 1.807) is 0 Å². The smallest absolute Gasteiger partial charge is 0.217 e. The second kappa shape index (κ2) is 35.6. The van der Waals surface area contributed by atoms with Gasteiger partial charge in [-0.2, -0.15) is 0 Å². The second-order valence-corrected chi connectivity index (χ2v) is 12.7. The number of nitrogens with two attached hydrogens (primary N) is 2. The summed E-state index contributed by atoms with van der Waals surface area (Å²) in [5.74, 6) is -0.322. The summed E-state index contributed by atoms with van der Waals surface area (Å²) in [5.41, 5.74) is 10.3. The monoisotopic (exact) mass is 589 g/mol. The number of primary amides is 2. The maximum Gasteiger partial charge on any atom is 0.217 e. The Kier molecular flexibility index (Phi) is 34.3. The van der Waals surface area contributed by atoms with Crippen LogP contribution in [-0.4, -0.2) is 11.8 Å². The molecule has 0 aliphatic heterocycles. The van der Waals surface area contributed by atoms with Crippen LogP contribution >= 0.6 is 0 Å². The molecule has 0 heterocycles. The molecule has 0 aromatic carbocycles. The van der Waals surface area contributed by atoms with Crippen molar-refractivity contribution in [1.29, 1.82) is 0 Å². The summed E-state index contributed by atoms with van der Waals surface area (Å²) >= 11 is 0. The molecule has 0 atom stereocenters. The van der Waals surface area contributed by atoms with E-state index in [-0.39, 0.29) is 11.8 Å². The van der Waals surface area contributed by atoms with Crippen molar-refractivity contribution in [3.8, 4) is 0 Å². The zero-order valence-corrected chi connectivity index (χ0v) is 27.9. The van der Waals surface area contributed by atoms with Crippen LogP contribution in [0.25, 0.3) is 0 Å². The minimum atomic E-state index is -0.161. The van der Waals surface area contributed by atoms with Crippen molar-refractivity contribution in [2.75, 3.05) is 0 Å². The molecule has 42 heavy (non-hydrogen) atoms. The molecule has 0 spiro atoms. The highest BCUT2D eigenvalue weighted by Crippen LogP contribution is 2.15. The van der Waals surface area contributed by atoms with E-state index in [0.29, 0.717) is 12.8 Å². The Balaban J connectivity index is 3.14. The van der Waals surface area contributed by atoms with Crippen molar-refractivity contribution in [2.24, 2.45) is 11.5 Å². The number of hydrogen-bond donors (Lipinski definition) is 2. The Bertz CT molecular complexity index is 575. The Hall–Kier alpha value is -1.58. The molecule has 4 heteroatoms. The minimum Gasteiger partial charge on any atom is -0.370 e. The summed E-state index contributed by atoms with van der Waals surface area (Å²) in [6.07, 6.45) is 49.9. The van der Waals surface area contributed by atoms with E-state index < -0.39 is 0 Å². The maximum atomic E-state index is 10.7. The van der Waals surface area contributed by atoms with Crippen molar-refractivity contribution in [2.45, 2.75) is 205 Å². The van der Waals surface area contributed by atoms with Crippen LogP contribution in [0.4, 0.5) is 0 Å². The van der Waals surface area contributed by atoms with Gasteiger partial charge >= 0.3 is 0 Å². The van der Waals surface area contributed by atoms with Crippen molar-refractivity contribution in [3.05, 3.63) is 24.3 Å². The van der Waals surface area contributed by atoms with Crippen LogP contribution in [0.2, 0.25) is 0 Å². The molecular formula is C38H72N2O2. The lowest BCUT2D eigenvalue weighted by Crippen LogP contribution is -2.09. The summed E-state index contributed by atoms with van der Waals surface area (Å²) in [6, 6.07) is 0. The molecule has 0 aromatic rings. The summed E-state index contributed by atoms with van der Waals surface area (Å²) in [7, 11) is 0. The lowest BCUT2D eigenvalue weighted by atomic mass is 10.0. The molecule has 246 valence electrons. The first-order valence-electron chi connectivity index (χ1n) is 18.5. The van der Waals surface area contributed by atoms with E-state index in [0.717, 1.165) is 25.7 Å². The van der Waals surface area contributed by atoms with Gasteiger partial charge in [0.25, 0.3) is 0 Å². The molecule has 0 saturated heterocycles. The molecule has 0 aromatic heterocycles. The topological polar surface area (TPSA) is 86.2 Å². The molecule has 0 rings (SSSR count). The van der Waals surface area contributed by atoms with E-state index >= 15 is 0 Å².